The number of rotatable bonds is 3. The Morgan fingerprint density at radius 2 is 1.95 bits per heavy atom. The lowest BCUT2D eigenvalue weighted by Crippen LogP contribution is -2.30. The largest absolute Gasteiger partial charge is 0.328 e. The topological polar surface area (TPSA) is 32.3 Å². The summed E-state index contributed by atoms with van der Waals surface area (Å²) in [7, 11) is 0. The Morgan fingerprint density at radius 3 is 2.76 bits per heavy atom. The highest BCUT2D eigenvalue weighted by Crippen LogP contribution is 2.22. The number of fused-ring (bicyclic) bond motifs is 1. The average Bonchev–Trinajstić information content (AvgIpc) is 2.76. The van der Waals surface area contributed by atoms with E-state index in [1.807, 2.05) is 36.4 Å². The van der Waals surface area contributed by atoms with Gasteiger partial charge in [0.2, 0.25) is 0 Å². The van der Waals surface area contributed by atoms with Gasteiger partial charge in [-0.25, -0.2) is 0 Å². The number of carbonyl (C=O) groups excluding carboxylic acids is 1. The molecule has 1 fully saturated rings. The number of hydrogen-bond donors (Lipinski definition) is 1. The van der Waals surface area contributed by atoms with Crippen LogP contribution in [-0.2, 0) is 4.79 Å². The molecule has 1 heterocycles. The summed E-state index contributed by atoms with van der Waals surface area (Å²) in [4.78, 5) is 13.8. The number of nitrogens with zero attached hydrogens (tertiary/aromatic N) is 1. The van der Waals surface area contributed by atoms with Gasteiger partial charge < -0.3 is 5.32 Å². The lowest BCUT2D eigenvalue weighted by atomic mass is 10.0. The highest BCUT2D eigenvalue weighted by molar-refractivity contribution is 7.80. The molecular weight excluding hydrogens is 280 g/mol. The van der Waals surface area contributed by atoms with Crippen LogP contribution >= 0.6 is 12.2 Å². The Labute approximate surface area is 128 Å². The zero-order chi connectivity index (χ0) is 14.8. The quantitative estimate of drug-likeness (QED) is 0.536. The Morgan fingerprint density at radius 1 is 1.19 bits per heavy atom. The fraction of sp³-hybridized carbons (Fsp3) is 0.0588. The molecule has 4 heteroatoms. The lowest BCUT2D eigenvalue weighted by molar-refractivity contribution is -0.122. The van der Waals surface area contributed by atoms with Gasteiger partial charge in [-0.15, -0.1) is 6.58 Å². The molecule has 21 heavy (non-hydrogen) atoms. The van der Waals surface area contributed by atoms with Crippen LogP contribution < -0.4 is 5.32 Å². The molecule has 1 saturated heterocycles. The van der Waals surface area contributed by atoms with Crippen LogP contribution in [-0.4, -0.2) is 22.5 Å². The van der Waals surface area contributed by atoms with Crippen LogP contribution in [0.4, 0.5) is 0 Å². The van der Waals surface area contributed by atoms with Gasteiger partial charge >= 0.3 is 0 Å². The Hall–Kier alpha value is -2.46. The maximum atomic E-state index is 12.3. The lowest BCUT2D eigenvalue weighted by Gasteiger charge is -2.09. The summed E-state index contributed by atoms with van der Waals surface area (Å²) in [5, 5.41) is 5.64. The van der Waals surface area contributed by atoms with Crippen molar-refractivity contribution in [2.24, 2.45) is 0 Å². The van der Waals surface area contributed by atoms with E-state index in [9.17, 15) is 4.79 Å². The van der Waals surface area contributed by atoms with Crippen molar-refractivity contribution in [2.45, 2.75) is 0 Å². The van der Waals surface area contributed by atoms with Gasteiger partial charge in [0.05, 0.1) is 0 Å². The van der Waals surface area contributed by atoms with Gasteiger partial charge in [0.25, 0.3) is 5.91 Å². The summed E-state index contributed by atoms with van der Waals surface area (Å²) >= 11 is 5.18. The van der Waals surface area contributed by atoms with Gasteiger partial charge in [0.1, 0.15) is 5.70 Å². The number of thiocarbonyl (C=S) groups is 1. The van der Waals surface area contributed by atoms with Gasteiger partial charge in [-0.2, -0.15) is 0 Å². The maximum absolute atomic E-state index is 12.3. The molecular formula is C17H14N2OS. The number of carbonyl (C=O) groups is 1. The van der Waals surface area contributed by atoms with E-state index in [-0.39, 0.29) is 5.91 Å². The van der Waals surface area contributed by atoms with Crippen molar-refractivity contribution in [3.8, 4) is 0 Å². The first-order valence-corrected chi connectivity index (χ1v) is 7.05. The molecule has 1 N–H and O–H groups in total. The number of hydrogen-bond acceptors (Lipinski definition) is 2. The van der Waals surface area contributed by atoms with Crippen LogP contribution in [0.15, 0.2) is 60.8 Å². The van der Waals surface area contributed by atoms with Crippen LogP contribution in [0.5, 0.6) is 0 Å². The number of amides is 1. The Kier molecular flexibility index (Phi) is 3.54. The minimum atomic E-state index is -0.118. The normalized spacial score (nSPS) is 16.6. The minimum Gasteiger partial charge on any atom is -0.328 e. The predicted octanol–water partition coefficient (Wildman–Crippen LogP) is 3.08. The third kappa shape index (κ3) is 2.45. The van der Waals surface area contributed by atoms with E-state index >= 15 is 0 Å². The molecule has 3 rings (SSSR count). The standard InChI is InChI=1S/C17H14N2OS/c1-2-10-19-16(20)15(18-17(19)21)11-13-8-5-7-12-6-3-4-9-14(12)13/h2-9,11H,1,10H2,(H,18,21)/b15-11-. The zero-order valence-corrected chi connectivity index (χ0v) is 12.2. The van der Waals surface area contributed by atoms with Gasteiger partial charge in [-0.05, 0) is 34.6 Å². The molecule has 0 aliphatic carbocycles. The van der Waals surface area contributed by atoms with E-state index in [2.05, 4.69) is 24.0 Å². The highest BCUT2D eigenvalue weighted by atomic mass is 32.1. The molecule has 0 spiro atoms. The smallest absolute Gasteiger partial charge is 0.276 e. The SMILES string of the molecule is C=CCN1C(=O)/C(=C/c2cccc3ccccc23)NC1=S. The van der Waals surface area contributed by atoms with Gasteiger partial charge in [0.15, 0.2) is 5.11 Å². The van der Waals surface area contributed by atoms with Crippen LogP contribution in [0.2, 0.25) is 0 Å². The second-order valence-electron chi connectivity index (χ2n) is 4.76. The van der Waals surface area contributed by atoms with Crippen molar-refractivity contribution < 1.29 is 4.79 Å². The average molecular weight is 294 g/mol. The number of benzene rings is 2. The maximum Gasteiger partial charge on any atom is 0.276 e. The van der Waals surface area contributed by atoms with Gasteiger partial charge in [-0.3, -0.25) is 9.69 Å². The van der Waals surface area contributed by atoms with Crippen molar-refractivity contribution in [2.75, 3.05) is 6.54 Å². The Balaban J connectivity index is 2.03. The molecule has 2 aromatic rings. The van der Waals surface area contributed by atoms with Gasteiger partial charge in [-0.1, -0.05) is 48.5 Å². The molecule has 0 radical (unpaired) electrons. The van der Waals surface area contributed by atoms with E-state index < -0.39 is 0 Å². The summed E-state index contributed by atoms with van der Waals surface area (Å²) < 4.78 is 0. The van der Waals surface area contributed by atoms with E-state index in [1.165, 1.54) is 4.90 Å². The second kappa shape index (κ2) is 5.50. The summed E-state index contributed by atoms with van der Waals surface area (Å²) in [6.45, 7) is 4.06. The molecule has 1 aliphatic rings. The summed E-state index contributed by atoms with van der Waals surface area (Å²) in [5.74, 6) is -0.118. The molecule has 0 atom stereocenters. The van der Waals surface area contributed by atoms with Crippen molar-refractivity contribution in [3.05, 3.63) is 66.4 Å². The third-order valence-corrected chi connectivity index (χ3v) is 3.72. The molecule has 0 bridgehead atoms. The number of nitrogens with one attached hydrogen (secondary N) is 1. The van der Waals surface area contributed by atoms with Crippen molar-refractivity contribution in [1.29, 1.82) is 0 Å². The molecule has 2 aromatic carbocycles. The second-order valence-corrected chi connectivity index (χ2v) is 5.15. The predicted molar refractivity (Wildman–Crippen MR) is 89.6 cm³/mol. The van der Waals surface area contributed by atoms with Gasteiger partial charge in [0, 0.05) is 6.54 Å². The monoisotopic (exact) mass is 294 g/mol. The molecule has 0 aromatic heterocycles. The summed E-state index contributed by atoms with van der Waals surface area (Å²) in [5.41, 5.74) is 1.49. The highest BCUT2D eigenvalue weighted by Gasteiger charge is 2.29. The van der Waals surface area contributed by atoms with Crippen LogP contribution in [0.25, 0.3) is 16.8 Å². The first kappa shape index (κ1) is 13.5. The third-order valence-electron chi connectivity index (χ3n) is 3.40. The molecule has 0 unspecified atom stereocenters. The van der Waals surface area contributed by atoms with E-state index in [0.717, 1.165) is 16.3 Å². The first-order valence-electron chi connectivity index (χ1n) is 6.64. The van der Waals surface area contributed by atoms with E-state index in [0.29, 0.717) is 17.4 Å². The molecule has 1 aliphatic heterocycles. The van der Waals surface area contributed by atoms with Crippen LogP contribution in [0.1, 0.15) is 5.56 Å². The van der Waals surface area contributed by atoms with Crippen molar-refractivity contribution >= 4 is 40.1 Å². The van der Waals surface area contributed by atoms with Crippen LogP contribution in [0, 0.1) is 0 Å². The Bertz CT molecular complexity index is 774. The minimum absolute atomic E-state index is 0.118. The zero-order valence-electron chi connectivity index (χ0n) is 11.4. The fourth-order valence-corrected chi connectivity index (χ4v) is 2.67. The van der Waals surface area contributed by atoms with Crippen LogP contribution in [0.3, 0.4) is 0 Å². The van der Waals surface area contributed by atoms with E-state index in [4.69, 9.17) is 12.2 Å². The van der Waals surface area contributed by atoms with Crippen molar-refractivity contribution in [3.63, 3.8) is 0 Å². The molecule has 0 saturated carbocycles. The first-order chi connectivity index (χ1) is 10.2. The molecule has 1 amide bonds. The van der Waals surface area contributed by atoms with Crippen molar-refractivity contribution in [1.82, 2.24) is 10.2 Å². The van der Waals surface area contributed by atoms with E-state index in [1.54, 1.807) is 6.08 Å². The fourth-order valence-electron chi connectivity index (χ4n) is 2.40. The summed E-state index contributed by atoms with van der Waals surface area (Å²) in [6.07, 6.45) is 3.51. The molecule has 104 valence electrons. The summed E-state index contributed by atoms with van der Waals surface area (Å²) in [6, 6.07) is 14.1. The molecule has 3 nitrogen and oxygen atoms in total.